The normalized spacial score (nSPS) is 19.6. The van der Waals surface area contributed by atoms with Gasteiger partial charge in [-0.2, -0.15) is 0 Å². The molecular weight excluding hydrogens is 176 g/mol. The number of hydrogen-bond acceptors (Lipinski definition) is 2. The highest BCUT2D eigenvalue weighted by atomic mass is 16.5. The number of benzene rings is 1. The van der Waals surface area contributed by atoms with Crippen LogP contribution in [-0.2, 0) is 6.42 Å². The van der Waals surface area contributed by atoms with Gasteiger partial charge in [0.2, 0.25) is 0 Å². The van der Waals surface area contributed by atoms with Crippen molar-refractivity contribution in [2.24, 2.45) is 5.92 Å². The summed E-state index contributed by atoms with van der Waals surface area (Å²) in [6, 6.07) is 5.78. The summed E-state index contributed by atoms with van der Waals surface area (Å²) in [5, 5.41) is 0. The van der Waals surface area contributed by atoms with Gasteiger partial charge in [-0.3, -0.25) is 4.79 Å². The van der Waals surface area contributed by atoms with E-state index in [1.54, 1.807) is 7.11 Å². The third-order valence-electron chi connectivity index (χ3n) is 2.91. The number of ketones is 1. The third kappa shape index (κ3) is 1.31. The minimum Gasteiger partial charge on any atom is -0.497 e. The highest BCUT2D eigenvalue weighted by molar-refractivity contribution is 6.02. The van der Waals surface area contributed by atoms with Crippen LogP contribution in [0.2, 0.25) is 0 Å². The van der Waals surface area contributed by atoms with E-state index >= 15 is 0 Å². The first kappa shape index (κ1) is 9.25. The minimum atomic E-state index is 0.192. The predicted octanol–water partition coefficient (Wildman–Crippen LogP) is 2.46. The first-order chi connectivity index (χ1) is 6.76. The molecule has 0 heterocycles. The van der Waals surface area contributed by atoms with Gasteiger partial charge in [0, 0.05) is 11.5 Å². The monoisotopic (exact) mass is 190 g/mol. The van der Waals surface area contributed by atoms with Crippen LogP contribution < -0.4 is 4.74 Å². The molecule has 0 fully saturated rings. The molecule has 0 aliphatic heterocycles. The van der Waals surface area contributed by atoms with E-state index in [4.69, 9.17) is 4.74 Å². The van der Waals surface area contributed by atoms with Crippen molar-refractivity contribution < 1.29 is 9.53 Å². The van der Waals surface area contributed by atoms with Crippen LogP contribution >= 0.6 is 0 Å². The van der Waals surface area contributed by atoms with Crippen molar-refractivity contribution in [2.75, 3.05) is 7.11 Å². The molecule has 74 valence electrons. The second kappa shape index (κ2) is 3.45. The standard InChI is InChI=1S/C12H14O2/c1-3-8-6-9-4-5-10(14-2)7-11(9)12(8)13/h4-5,7-8H,3,6H2,1-2H3/t8-/m1/s1. The highest BCUT2D eigenvalue weighted by Crippen LogP contribution is 2.31. The molecule has 0 saturated heterocycles. The topological polar surface area (TPSA) is 26.3 Å². The van der Waals surface area contributed by atoms with E-state index in [2.05, 4.69) is 6.92 Å². The molecule has 0 amide bonds. The van der Waals surface area contributed by atoms with Gasteiger partial charge in [0.25, 0.3) is 0 Å². The summed E-state index contributed by atoms with van der Waals surface area (Å²) in [5.41, 5.74) is 2.03. The molecule has 0 aromatic heterocycles. The van der Waals surface area contributed by atoms with E-state index in [1.165, 1.54) is 5.56 Å². The Kier molecular flexibility index (Phi) is 2.28. The maximum atomic E-state index is 11.8. The van der Waals surface area contributed by atoms with Gasteiger partial charge in [-0.05, 0) is 30.5 Å². The van der Waals surface area contributed by atoms with Crippen LogP contribution in [0.5, 0.6) is 5.75 Å². The van der Waals surface area contributed by atoms with Gasteiger partial charge in [0.15, 0.2) is 5.78 Å². The molecule has 0 bridgehead atoms. The van der Waals surface area contributed by atoms with Crippen molar-refractivity contribution in [1.29, 1.82) is 0 Å². The van der Waals surface area contributed by atoms with Crippen LogP contribution in [0.25, 0.3) is 0 Å². The van der Waals surface area contributed by atoms with Gasteiger partial charge in [-0.25, -0.2) is 0 Å². The molecule has 14 heavy (non-hydrogen) atoms. The molecule has 0 radical (unpaired) electrons. The molecule has 0 saturated carbocycles. The number of rotatable bonds is 2. The lowest BCUT2D eigenvalue weighted by atomic mass is 10.0. The average Bonchev–Trinajstić information content (AvgIpc) is 2.55. The van der Waals surface area contributed by atoms with E-state index in [0.717, 1.165) is 24.2 Å². The maximum absolute atomic E-state index is 11.8. The van der Waals surface area contributed by atoms with Crippen molar-refractivity contribution in [1.82, 2.24) is 0 Å². The summed E-state index contributed by atoms with van der Waals surface area (Å²) in [6.07, 6.45) is 1.82. The van der Waals surface area contributed by atoms with Crippen molar-refractivity contribution in [2.45, 2.75) is 19.8 Å². The lowest BCUT2D eigenvalue weighted by Gasteiger charge is -2.01. The molecule has 1 aromatic carbocycles. The lowest BCUT2D eigenvalue weighted by molar-refractivity contribution is 0.0934. The van der Waals surface area contributed by atoms with Gasteiger partial charge in [-0.15, -0.1) is 0 Å². The average molecular weight is 190 g/mol. The quantitative estimate of drug-likeness (QED) is 0.716. The number of carbonyl (C=O) groups excluding carboxylic acids is 1. The van der Waals surface area contributed by atoms with Crippen molar-refractivity contribution >= 4 is 5.78 Å². The molecule has 0 unspecified atom stereocenters. The van der Waals surface area contributed by atoms with Crippen LogP contribution in [0.3, 0.4) is 0 Å². The Morgan fingerprint density at radius 1 is 1.50 bits per heavy atom. The first-order valence-corrected chi connectivity index (χ1v) is 4.97. The summed E-state index contributed by atoms with van der Waals surface area (Å²) < 4.78 is 5.10. The number of ether oxygens (including phenoxy) is 1. The van der Waals surface area contributed by atoms with Gasteiger partial charge < -0.3 is 4.74 Å². The van der Waals surface area contributed by atoms with Crippen LogP contribution in [0, 0.1) is 5.92 Å². The van der Waals surface area contributed by atoms with Gasteiger partial charge in [-0.1, -0.05) is 13.0 Å². The minimum absolute atomic E-state index is 0.192. The van der Waals surface area contributed by atoms with E-state index < -0.39 is 0 Å². The number of hydrogen-bond donors (Lipinski definition) is 0. The fraction of sp³-hybridized carbons (Fsp3) is 0.417. The molecule has 0 N–H and O–H groups in total. The molecule has 1 atom stereocenters. The number of carbonyl (C=O) groups is 1. The summed E-state index contributed by atoms with van der Waals surface area (Å²) in [7, 11) is 1.62. The fourth-order valence-corrected chi connectivity index (χ4v) is 2.00. The number of methoxy groups -OCH3 is 1. The van der Waals surface area contributed by atoms with Crippen LogP contribution in [0.15, 0.2) is 18.2 Å². The maximum Gasteiger partial charge on any atom is 0.166 e. The Morgan fingerprint density at radius 3 is 2.93 bits per heavy atom. The molecule has 2 nitrogen and oxygen atoms in total. The molecule has 2 rings (SSSR count). The van der Waals surface area contributed by atoms with Gasteiger partial charge in [0.1, 0.15) is 5.75 Å². The summed E-state index contributed by atoms with van der Waals surface area (Å²) >= 11 is 0. The molecule has 2 heteroatoms. The number of Topliss-reactive ketones (excluding diaryl/α,β-unsaturated/α-hetero) is 1. The fourth-order valence-electron chi connectivity index (χ4n) is 2.00. The van der Waals surface area contributed by atoms with Crippen LogP contribution in [0.4, 0.5) is 0 Å². The Hall–Kier alpha value is -1.31. The zero-order valence-electron chi connectivity index (χ0n) is 8.54. The Labute approximate surface area is 83.9 Å². The van der Waals surface area contributed by atoms with Gasteiger partial charge in [0.05, 0.1) is 7.11 Å². The molecule has 1 aromatic rings. The Morgan fingerprint density at radius 2 is 2.29 bits per heavy atom. The zero-order chi connectivity index (χ0) is 10.1. The van der Waals surface area contributed by atoms with E-state index in [1.807, 2.05) is 18.2 Å². The predicted molar refractivity (Wildman–Crippen MR) is 54.8 cm³/mol. The van der Waals surface area contributed by atoms with Crippen molar-refractivity contribution in [3.05, 3.63) is 29.3 Å². The summed E-state index contributed by atoms with van der Waals surface area (Å²) in [4.78, 5) is 11.8. The van der Waals surface area contributed by atoms with Crippen LogP contribution in [0.1, 0.15) is 29.3 Å². The summed E-state index contributed by atoms with van der Waals surface area (Å²) in [5.74, 6) is 1.24. The number of fused-ring (bicyclic) bond motifs is 1. The zero-order valence-corrected chi connectivity index (χ0v) is 8.54. The molecule has 1 aliphatic carbocycles. The smallest absolute Gasteiger partial charge is 0.166 e. The second-order valence-electron chi connectivity index (χ2n) is 3.70. The third-order valence-corrected chi connectivity index (χ3v) is 2.91. The summed E-state index contributed by atoms with van der Waals surface area (Å²) in [6.45, 7) is 2.06. The van der Waals surface area contributed by atoms with Crippen molar-refractivity contribution in [3.63, 3.8) is 0 Å². The lowest BCUT2D eigenvalue weighted by Crippen LogP contribution is -2.06. The first-order valence-electron chi connectivity index (χ1n) is 4.97. The molecule has 0 spiro atoms. The van der Waals surface area contributed by atoms with E-state index in [9.17, 15) is 4.79 Å². The Bertz CT molecular complexity index is 369. The molecular formula is C12H14O2. The largest absolute Gasteiger partial charge is 0.497 e. The van der Waals surface area contributed by atoms with E-state index in [-0.39, 0.29) is 11.7 Å². The Balaban J connectivity index is 2.40. The van der Waals surface area contributed by atoms with Crippen molar-refractivity contribution in [3.8, 4) is 5.75 Å². The second-order valence-corrected chi connectivity index (χ2v) is 3.70. The highest BCUT2D eigenvalue weighted by Gasteiger charge is 2.29. The van der Waals surface area contributed by atoms with Crippen LogP contribution in [-0.4, -0.2) is 12.9 Å². The SMILES string of the molecule is CC[C@@H]1Cc2ccc(OC)cc2C1=O. The van der Waals surface area contributed by atoms with Gasteiger partial charge >= 0.3 is 0 Å². The van der Waals surface area contributed by atoms with E-state index in [0.29, 0.717) is 0 Å². The molecule has 1 aliphatic rings.